The van der Waals surface area contributed by atoms with Gasteiger partial charge < -0.3 is 28.8 Å². The van der Waals surface area contributed by atoms with Crippen molar-refractivity contribution in [1.82, 2.24) is 9.80 Å². The summed E-state index contributed by atoms with van der Waals surface area (Å²) >= 11 is 0. The van der Waals surface area contributed by atoms with Gasteiger partial charge in [-0.2, -0.15) is 0 Å². The molecule has 0 saturated carbocycles. The number of likely N-dealkylation sites (N-methyl/N-ethyl adjacent to an activating group) is 2. The van der Waals surface area contributed by atoms with Gasteiger partial charge in [0, 0.05) is 47.4 Å². The third-order valence-corrected chi connectivity index (χ3v) is 10.2. The number of aromatic hydroxyl groups is 1. The molecule has 4 aliphatic heterocycles. The first-order chi connectivity index (χ1) is 21.9. The van der Waals surface area contributed by atoms with Crippen LogP contribution in [-0.2, 0) is 25.7 Å². The number of ether oxygens (including phenoxy) is 5. The second-order valence-electron chi connectivity index (χ2n) is 12.6. The maximum atomic E-state index is 11.2. The molecule has 45 heavy (non-hydrogen) atoms. The first-order valence-electron chi connectivity index (χ1n) is 15.6. The second kappa shape index (κ2) is 10.6. The highest BCUT2D eigenvalue weighted by atomic mass is 16.6. The van der Waals surface area contributed by atoms with Gasteiger partial charge in [0.25, 0.3) is 0 Å². The number of methoxy groups -OCH3 is 3. The van der Waals surface area contributed by atoms with Crippen LogP contribution < -0.4 is 23.7 Å². The fraction of sp³-hybridized carbons (Fsp3) is 0.351. The van der Waals surface area contributed by atoms with Gasteiger partial charge >= 0.3 is 0 Å². The molecule has 2 atom stereocenters. The molecule has 0 aliphatic carbocycles. The first-order valence-corrected chi connectivity index (χ1v) is 15.6. The van der Waals surface area contributed by atoms with Crippen LogP contribution in [0.5, 0.6) is 46.0 Å². The molecular formula is C37H38N2O6. The van der Waals surface area contributed by atoms with E-state index in [1.54, 1.807) is 21.3 Å². The van der Waals surface area contributed by atoms with E-state index in [1.807, 2.05) is 18.2 Å². The summed E-state index contributed by atoms with van der Waals surface area (Å²) in [7, 11) is 9.37. The number of benzene rings is 4. The van der Waals surface area contributed by atoms with Crippen LogP contribution in [0, 0.1) is 0 Å². The van der Waals surface area contributed by atoms with E-state index in [4.69, 9.17) is 23.7 Å². The van der Waals surface area contributed by atoms with Gasteiger partial charge in [-0.15, -0.1) is 0 Å². The summed E-state index contributed by atoms with van der Waals surface area (Å²) in [4.78, 5) is 4.78. The zero-order valence-electron chi connectivity index (χ0n) is 26.4. The zero-order chi connectivity index (χ0) is 31.0. The van der Waals surface area contributed by atoms with E-state index in [1.165, 1.54) is 11.1 Å². The van der Waals surface area contributed by atoms with Gasteiger partial charge in [-0.3, -0.25) is 9.80 Å². The second-order valence-corrected chi connectivity index (χ2v) is 12.6. The zero-order valence-corrected chi connectivity index (χ0v) is 26.4. The normalized spacial score (nSPS) is 19.8. The number of hydrogen-bond acceptors (Lipinski definition) is 8. The monoisotopic (exact) mass is 606 g/mol. The van der Waals surface area contributed by atoms with E-state index in [2.05, 4.69) is 54.2 Å². The van der Waals surface area contributed by atoms with Crippen LogP contribution in [0.2, 0.25) is 0 Å². The molecule has 4 heterocycles. The van der Waals surface area contributed by atoms with E-state index >= 15 is 0 Å². The van der Waals surface area contributed by atoms with Crippen LogP contribution in [0.15, 0.2) is 48.5 Å². The number of phenolic OH excluding ortho intramolecular Hbond substituents is 1. The minimum absolute atomic E-state index is 0.0296. The van der Waals surface area contributed by atoms with Gasteiger partial charge in [0.2, 0.25) is 11.5 Å². The largest absolute Gasteiger partial charge is 0.507 e. The van der Waals surface area contributed by atoms with Crippen LogP contribution in [0.3, 0.4) is 0 Å². The highest BCUT2D eigenvalue weighted by Gasteiger charge is 2.40. The van der Waals surface area contributed by atoms with E-state index in [9.17, 15) is 5.11 Å². The molecule has 7 bridgehead atoms. The van der Waals surface area contributed by atoms with Crippen LogP contribution in [0.25, 0.3) is 11.1 Å². The highest BCUT2D eigenvalue weighted by molar-refractivity contribution is 5.77. The summed E-state index contributed by atoms with van der Waals surface area (Å²) in [5, 5.41) is 11.2. The quantitative estimate of drug-likeness (QED) is 0.239. The lowest BCUT2D eigenvalue weighted by Gasteiger charge is -2.39. The molecule has 0 saturated heterocycles. The average molecular weight is 607 g/mol. The SMILES string of the molecule is COc1ccc2cc1-c1cc(ccc1O)CC1c3cc4c(cc3CCN1C)Oc1c(OC)c(OC)c3c(c1O4)C(C2)N(C)CC3. The van der Waals surface area contributed by atoms with E-state index in [-0.39, 0.29) is 17.8 Å². The van der Waals surface area contributed by atoms with Crippen LogP contribution in [0.1, 0.15) is 45.5 Å². The summed E-state index contributed by atoms with van der Waals surface area (Å²) in [5.41, 5.74) is 8.53. The Hall–Kier alpha value is -4.40. The molecule has 232 valence electrons. The number of phenols is 1. The van der Waals surface area contributed by atoms with E-state index in [0.717, 1.165) is 71.5 Å². The molecule has 0 radical (unpaired) electrons. The Morgan fingerprint density at radius 2 is 1.38 bits per heavy atom. The molecule has 0 fully saturated rings. The lowest BCUT2D eigenvalue weighted by Crippen LogP contribution is -2.34. The molecule has 2 unspecified atom stereocenters. The van der Waals surface area contributed by atoms with Crippen LogP contribution in [0.4, 0.5) is 0 Å². The van der Waals surface area contributed by atoms with Crippen molar-refractivity contribution in [1.29, 1.82) is 0 Å². The van der Waals surface area contributed by atoms with Crippen molar-refractivity contribution in [3.05, 3.63) is 81.9 Å². The average Bonchev–Trinajstić information content (AvgIpc) is 3.05. The number of nitrogens with zero attached hydrogens (tertiary/aromatic N) is 2. The lowest BCUT2D eigenvalue weighted by molar-refractivity contribution is 0.214. The summed E-state index contributed by atoms with van der Waals surface area (Å²) in [5.74, 6) is 4.88. The molecular weight excluding hydrogens is 568 g/mol. The lowest BCUT2D eigenvalue weighted by atomic mass is 9.85. The molecule has 8 rings (SSSR count). The molecule has 0 spiro atoms. The van der Waals surface area contributed by atoms with Crippen molar-refractivity contribution in [2.45, 2.75) is 37.8 Å². The van der Waals surface area contributed by atoms with Crippen molar-refractivity contribution >= 4 is 0 Å². The van der Waals surface area contributed by atoms with Gasteiger partial charge in [-0.1, -0.05) is 12.1 Å². The third kappa shape index (κ3) is 4.34. The Kier molecular flexibility index (Phi) is 6.62. The Labute approximate surface area is 263 Å². The molecule has 1 N–H and O–H groups in total. The van der Waals surface area contributed by atoms with Gasteiger partial charge in [-0.25, -0.2) is 0 Å². The minimum Gasteiger partial charge on any atom is -0.507 e. The van der Waals surface area contributed by atoms with Gasteiger partial charge in [-0.05, 0) is 98.4 Å². The fourth-order valence-electron chi connectivity index (χ4n) is 7.79. The minimum atomic E-state index is -0.0296. The Morgan fingerprint density at radius 1 is 0.711 bits per heavy atom. The van der Waals surface area contributed by atoms with E-state index in [0.29, 0.717) is 40.9 Å². The molecule has 0 aromatic heterocycles. The van der Waals surface area contributed by atoms with Crippen molar-refractivity contribution in [3.8, 4) is 57.1 Å². The van der Waals surface area contributed by atoms with E-state index < -0.39 is 0 Å². The predicted molar refractivity (Wildman–Crippen MR) is 172 cm³/mol. The number of fused-ring (bicyclic) bond motifs is 5. The molecule has 4 aromatic rings. The van der Waals surface area contributed by atoms with Crippen molar-refractivity contribution in [2.24, 2.45) is 0 Å². The molecule has 8 nitrogen and oxygen atoms in total. The summed E-state index contributed by atoms with van der Waals surface area (Å²) < 4.78 is 31.5. The van der Waals surface area contributed by atoms with Crippen molar-refractivity contribution in [2.75, 3.05) is 48.5 Å². The molecule has 0 amide bonds. The standard InChI is InChI=1S/C37H38N2O6/c1-38-12-10-22-18-31-32-19-24(22)27(38)16-20-6-8-29(40)25(14-20)26-15-21(7-9-30(26)41-3)17-28-33-23(11-13-39(28)2)34(42-4)36(43-5)37(45-31)35(33)44-32/h6-9,14-15,18-19,27-28,40H,10-13,16-17H2,1-5H3. The topological polar surface area (TPSA) is 72.9 Å². The van der Waals surface area contributed by atoms with Gasteiger partial charge in [0.1, 0.15) is 11.5 Å². The molecule has 4 aliphatic rings. The maximum Gasteiger partial charge on any atom is 0.216 e. The third-order valence-electron chi connectivity index (χ3n) is 10.2. The Bertz CT molecular complexity index is 1850. The van der Waals surface area contributed by atoms with Crippen LogP contribution >= 0.6 is 0 Å². The first kappa shape index (κ1) is 28.1. The van der Waals surface area contributed by atoms with Crippen molar-refractivity contribution in [3.63, 3.8) is 0 Å². The summed E-state index contributed by atoms with van der Waals surface area (Å²) in [6.45, 7) is 1.77. The predicted octanol–water partition coefficient (Wildman–Crippen LogP) is 6.84. The Morgan fingerprint density at radius 3 is 2.16 bits per heavy atom. The highest BCUT2D eigenvalue weighted by Crippen LogP contribution is 2.60. The van der Waals surface area contributed by atoms with Gasteiger partial charge in [0.15, 0.2) is 23.0 Å². The fourth-order valence-corrected chi connectivity index (χ4v) is 7.79. The Balaban J connectivity index is 1.42. The number of hydrogen-bond donors (Lipinski definition) is 1. The van der Waals surface area contributed by atoms with Crippen LogP contribution in [-0.4, -0.2) is 63.4 Å². The number of rotatable bonds is 3. The smallest absolute Gasteiger partial charge is 0.216 e. The molecule has 4 aromatic carbocycles. The molecule has 8 heteroatoms. The van der Waals surface area contributed by atoms with Gasteiger partial charge in [0.05, 0.1) is 21.3 Å². The summed E-state index contributed by atoms with van der Waals surface area (Å²) in [6, 6.07) is 16.6. The summed E-state index contributed by atoms with van der Waals surface area (Å²) in [6.07, 6.45) is 3.18. The van der Waals surface area contributed by atoms with Crippen molar-refractivity contribution < 1.29 is 28.8 Å². The maximum absolute atomic E-state index is 11.2.